The second-order valence-corrected chi connectivity index (χ2v) is 9.41. The van der Waals surface area contributed by atoms with Gasteiger partial charge in [-0.25, -0.2) is 4.98 Å². The zero-order valence-corrected chi connectivity index (χ0v) is 19.7. The van der Waals surface area contributed by atoms with Gasteiger partial charge in [-0.3, -0.25) is 4.79 Å². The van der Waals surface area contributed by atoms with Crippen LogP contribution < -0.4 is 5.32 Å². The number of amides is 1. The van der Waals surface area contributed by atoms with E-state index in [4.69, 9.17) is 9.40 Å². The van der Waals surface area contributed by atoms with Crippen molar-refractivity contribution in [3.63, 3.8) is 0 Å². The quantitative estimate of drug-likeness (QED) is 0.347. The summed E-state index contributed by atoms with van der Waals surface area (Å²) in [6.07, 6.45) is 3.59. The Labute approximate surface area is 194 Å². The highest BCUT2D eigenvalue weighted by molar-refractivity contribution is 7.98. The Bertz CT molecular complexity index is 1020. The molecule has 4 rings (SSSR count). The molecule has 168 valence electrons. The first kappa shape index (κ1) is 22.6. The minimum absolute atomic E-state index is 0.0308. The SMILES string of the molecule is Cc1ccc(SCc2nc(-c3ccc(C(=O)NCCCN4CCCC4)cc3)oc2C)cc1. The third kappa shape index (κ3) is 6.02. The Morgan fingerprint density at radius 2 is 1.78 bits per heavy atom. The second kappa shape index (κ2) is 10.8. The van der Waals surface area contributed by atoms with E-state index in [0.717, 1.165) is 35.7 Å². The molecule has 0 atom stereocenters. The fourth-order valence-electron chi connectivity index (χ4n) is 3.85. The Morgan fingerprint density at radius 1 is 1.06 bits per heavy atom. The van der Waals surface area contributed by atoms with E-state index in [0.29, 0.717) is 18.0 Å². The topological polar surface area (TPSA) is 58.4 Å². The van der Waals surface area contributed by atoms with E-state index in [2.05, 4.69) is 41.4 Å². The maximum Gasteiger partial charge on any atom is 0.251 e. The van der Waals surface area contributed by atoms with Crippen molar-refractivity contribution >= 4 is 17.7 Å². The lowest BCUT2D eigenvalue weighted by atomic mass is 10.1. The standard InChI is InChI=1S/C26H31N3O2S/c1-19-6-12-23(13-7-19)32-18-24-20(2)31-26(28-24)22-10-8-21(9-11-22)25(30)27-14-5-17-29-15-3-4-16-29/h6-13H,3-5,14-18H2,1-2H3,(H,27,30). The third-order valence-electron chi connectivity index (χ3n) is 5.82. The van der Waals surface area contributed by atoms with Gasteiger partial charge in [0.15, 0.2) is 0 Å². The number of nitrogens with zero attached hydrogens (tertiary/aromatic N) is 2. The van der Waals surface area contributed by atoms with Crippen molar-refractivity contribution in [2.75, 3.05) is 26.2 Å². The number of hydrogen-bond donors (Lipinski definition) is 1. The summed E-state index contributed by atoms with van der Waals surface area (Å²) in [6, 6.07) is 16.0. The number of likely N-dealkylation sites (tertiary alicyclic amines) is 1. The van der Waals surface area contributed by atoms with Crippen LogP contribution in [0.5, 0.6) is 0 Å². The molecule has 5 nitrogen and oxygen atoms in total. The summed E-state index contributed by atoms with van der Waals surface area (Å²) in [5.74, 6) is 2.16. The molecule has 32 heavy (non-hydrogen) atoms. The first-order valence-electron chi connectivity index (χ1n) is 11.4. The molecule has 0 aliphatic carbocycles. The molecule has 6 heteroatoms. The first-order valence-corrected chi connectivity index (χ1v) is 12.3. The van der Waals surface area contributed by atoms with Crippen molar-refractivity contribution in [3.8, 4) is 11.5 Å². The van der Waals surface area contributed by atoms with E-state index < -0.39 is 0 Å². The largest absolute Gasteiger partial charge is 0.441 e. The minimum Gasteiger partial charge on any atom is -0.441 e. The predicted molar refractivity (Wildman–Crippen MR) is 130 cm³/mol. The fraction of sp³-hybridized carbons (Fsp3) is 0.385. The van der Waals surface area contributed by atoms with Gasteiger partial charge < -0.3 is 14.6 Å². The molecule has 2 heterocycles. The molecular weight excluding hydrogens is 418 g/mol. The molecular formula is C26H31N3O2S. The molecule has 1 amide bonds. The van der Waals surface area contributed by atoms with Crippen molar-refractivity contribution in [1.29, 1.82) is 0 Å². The van der Waals surface area contributed by atoms with Crippen LogP contribution in [0.2, 0.25) is 0 Å². The van der Waals surface area contributed by atoms with E-state index in [1.165, 1.54) is 36.4 Å². The highest BCUT2D eigenvalue weighted by atomic mass is 32.2. The van der Waals surface area contributed by atoms with Gasteiger partial charge in [0.05, 0.1) is 5.69 Å². The molecule has 0 spiro atoms. The Kier molecular flexibility index (Phi) is 7.66. The highest BCUT2D eigenvalue weighted by Crippen LogP contribution is 2.28. The molecule has 1 aliphatic heterocycles. The molecule has 1 fully saturated rings. The van der Waals surface area contributed by atoms with Crippen molar-refractivity contribution in [1.82, 2.24) is 15.2 Å². The van der Waals surface area contributed by atoms with Crippen LogP contribution >= 0.6 is 11.8 Å². The van der Waals surface area contributed by atoms with Gasteiger partial charge in [-0.15, -0.1) is 11.8 Å². The summed E-state index contributed by atoms with van der Waals surface area (Å²) in [5, 5.41) is 3.02. The molecule has 1 saturated heterocycles. The van der Waals surface area contributed by atoms with Crippen LogP contribution in [0.15, 0.2) is 57.8 Å². The summed E-state index contributed by atoms with van der Waals surface area (Å²) in [5.41, 5.74) is 3.75. The van der Waals surface area contributed by atoms with Crippen molar-refractivity contribution in [3.05, 3.63) is 71.1 Å². The maximum absolute atomic E-state index is 12.4. The summed E-state index contributed by atoms with van der Waals surface area (Å²) in [7, 11) is 0. The number of thioether (sulfide) groups is 1. The average molecular weight is 450 g/mol. The van der Waals surface area contributed by atoms with Crippen LogP contribution in [0.3, 0.4) is 0 Å². The molecule has 0 unspecified atom stereocenters. The van der Waals surface area contributed by atoms with Crippen LogP contribution in [0.4, 0.5) is 0 Å². The van der Waals surface area contributed by atoms with Gasteiger partial charge in [0, 0.05) is 28.3 Å². The Morgan fingerprint density at radius 3 is 2.50 bits per heavy atom. The zero-order chi connectivity index (χ0) is 22.3. The lowest BCUT2D eigenvalue weighted by Crippen LogP contribution is -2.28. The first-order chi connectivity index (χ1) is 15.6. The minimum atomic E-state index is -0.0308. The summed E-state index contributed by atoms with van der Waals surface area (Å²) >= 11 is 1.75. The normalized spacial score (nSPS) is 14.1. The van der Waals surface area contributed by atoms with Crippen LogP contribution in [0, 0.1) is 13.8 Å². The lowest BCUT2D eigenvalue weighted by molar-refractivity contribution is 0.0952. The fourth-order valence-corrected chi connectivity index (χ4v) is 4.75. The summed E-state index contributed by atoms with van der Waals surface area (Å²) in [4.78, 5) is 20.8. The monoisotopic (exact) mass is 449 g/mol. The lowest BCUT2D eigenvalue weighted by Gasteiger charge is -2.14. The van der Waals surface area contributed by atoms with E-state index in [1.54, 1.807) is 11.8 Å². The summed E-state index contributed by atoms with van der Waals surface area (Å²) in [6.45, 7) is 8.20. The van der Waals surface area contributed by atoms with E-state index >= 15 is 0 Å². The van der Waals surface area contributed by atoms with Crippen LogP contribution in [-0.4, -0.2) is 42.0 Å². The van der Waals surface area contributed by atoms with Gasteiger partial charge in [-0.1, -0.05) is 17.7 Å². The van der Waals surface area contributed by atoms with Crippen LogP contribution in [-0.2, 0) is 5.75 Å². The van der Waals surface area contributed by atoms with Gasteiger partial charge >= 0.3 is 0 Å². The average Bonchev–Trinajstić information content (AvgIpc) is 3.46. The maximum atomic E-state index is 12.4. The van der Waals surface area contributed by atoms with Crippen molar-refractivity contribution in [2.24, 2.45) is 0 Å². The number of carbonyl (C=O) groups excluding carboxylic acids is 1. The molecule has 0 bridgehead atoms. The van der Waals surface area contributed by atoms with Crippen molar-refractivity contribution < 1.29 is 9.21 Å². The molecule has 1 N–H and O–H groups in total. The number of hydrogen-bond acceptors (Lipinski definition) is 5. The predicted octanol–water partition coefficient (Wildman–Crippen LogP) is 5.47. The molecule has 1 aliphatic rings. The molecule has 0 saturated carbocycles. The Hall–Kier alpha value is -2.57. The van der Waals surface area contributed by atoms with E-state index in [9.17, 15) is 4.79 Å². The van der Waals surface area contributed by atoms with Crippen LogP contribution in [0.25, 0.3) is 11.5 Å². The smallest absolute Gasteiger partial charge is 0.251 e. The van der Waals surface area contributed by atoms with Gasteiger partial charge in [0.25, 0.3) is 5.91 Å². The van der Waals surface area contributed by atoms with Crippen LogP contribution in [0.1, 0.15) is 46.6 Å². The number of rotatable bonds is 9. The molecule has 0 radical (unpaired) electrons. The highest BCUT2D eigenvalue weighted by Gasteiger charge is 2.14. The summed E-state index contributed by atoms with van der Waals surface area (Å²) < 4.78 is 5.91. The number of nitrogens with one attached hydrogen (secondary N) is 1. The third-order valence-corrected chi connectivity index (χ3v) is 6.84. The van der Waals surface area contributed by atoms with Crippen molar-refractivity contribution in [2.45, 2.75) is 43.8 Å². The number of benzene rings is 2. The van der Waals surface area contributed by atoms with E-state index in [1.807, 2.05) is 31.2 Å². The number of aromatic nitrogens is 1. The Balaban J connectivity index is 1.29. The van der Waals surface area contributed by atoms with Gasteiger partial charge in [0.2, 0.25) is 5.89 Å². The zero-order valence-electron chi connectivity index (χ0n) is 18.9. The molecule has 3 aromatic rings. The molecule has 1 aromatic heterocycles. The number of aryl methyl sites for hydroxylation is 2. The van der Waals surface area contributed by atoms with Gasteiger partial charge in [0.1, 0.15) is 5.76 Å². The van der Waals surface area contributed by atoms with Gasteiger partial charge in [-0.05, 0) is 89.1 Å². The molecule has 2 aromatic carbocycles. The number of carbonyl (C=O) groups is 1. The number of oxazole rings is 1. The van der Waals surface area contributed by atoms with Gasteiger partial charge in [-0.2, -0.15) is 0 Å². The van der Waals surface area contributed by atoms with E-state index in [-0.39, 0.29) is 5.91 Å². The second-order valence-electron chi connectivity index (χ2n) is 8.36.